The molecule has 1 aliphatic rings. The summed E-state index contributed by atoms with van der Waals surface area (Å²) in [4.78, 5) is 39.5. The second-order valence-electron chi connectivity index (χ2n) is 6.58. The molecular weight excluding hydrogens is 360 g/mol. The van der Waals surface area contributed by atoms with Gasteiger partial charge in [0.1, 0.15) is 5.75 Å². The summed E-state index contributed by atoms with van der Waals surface area (Å²) in [6.45, 7) is 1.84. The van der Waals surface area contributed by atoms with Crippen LogP contribution in [0.3, 0.4) is 0 Å². The largest absolute Gasteiger partial charge is 0.497 e. The second kappa shape index (κ2) is 8.56. The number of carboxylic acid groups (broad SMARTS) is 1. The lowest BCUT2D eigenvalue weighted by Crippen LogP contribution is -2.51. The molecule has 28 heavy (non-hydrogen) atoms. The number of rotatable bonds is 5. The highest BCUT2D eigenvalue weighted by Gasteiger charge is 2.25. The van der Waals surface area contributed by atoms with Crippen LogP contribution in [-0.2, 0) is 11.2 Å². The lowest BCUT2D eigenvalue weighted by Gasteiger charge is -2.35. The van der Waals surface area contributed by atoms with Gasteiger partial charge in [-0.3, -0.25) is 9.59 Å². The zero-order valence-corrected chi connectivity index (χ0v) is 15.6. The number of carbonyl (C=O) groups is 3. The number of methoxy groups -OCH3 is 1. The molecule has 0 bridgehead atoms. The predicted molar refractivity (Wildman–Crippen MR) is 103 cm³/mol. The monoisotopic (exact) mass is 382 g/mol. The number of hydrogen-bond donors (Lipinski definition) is 1. The molecule has 0 aliphatic carbocycles. The van der Waals surface area contributed by atoms with Crippen LogP contribution in [-0.4, -0.2) is 66.0 Å². The summed E-state index contributed by atoms with van der Waals surface area (Å²) >= 11 is 0. The maximum atomic E-state index is 12.6. The molecule has 0 spiro atoms. The Kier molecular flexibility index (Phi) is 5.93. The summed E-state index contributed by atoms with van der Waals surface area (Å²) in [7, 11) is 1.59. The maximum absolute atomic E-state index is 12.6. The highest BCUT2D eigenvalue weighted by Crippen LogP contribution is 2.15. The van der Waals surface area contributed by atoms with Crippen LogP contribution in [0.1, 0.15) is 26.3 Å². The van der Waals surface area contributed by atoms with E-state index >= 15 is 0 Å². The minimum Gasteiger partial charge on any atom is -0.497 e. The lowest BCUT2D eigenvalue weighted by atomic mass is 10.1. The van der Waals surface area contributed by atoms with Crippen LogP contribution in [0.5, 0.6) is 5.75 Å². The summed E-state index contributed by atoms with van der Waals surface area (Å²) in [5.74, 6) is -0.445. The zero-order valence-electron chi connectivity index (χ0n) is 15.6. The fourth-order valence-corrected chi connectivity index (χ4v) is 3.17. The van der Waals surface area contributed by atoms with E-state index < -0.39 is 5.97 Å². The summed E-state index contributed by atoms with van der Waals surface area (Å²) < 4.78 is 5.18. The lowest BCUT2D eigenvalue weighted by molar-refractivity contribution is -0.131. The molecule has 3 rings (SSSR count). The fourth-order valence-electron chi connectivity index (χ4n) is 3.17. The SMILES string of the molecule is COc1cccc(CC(=O)N2CCN(C(=O)c3ccc(C(=O)O)cc3)CC2)c1. The van der Waals surface area contributed by atoms with Crippen LogP contribution < -0.4 is 4.74 Å². The zero-order chi connectivity index (χ0) is 20.1. The standard InChI is InChI=1S/C21H22N2O5/c1-28-18-4-2-3-15(13-18)14-19(24)22-9-11-23(12-10-22)20(25)16-5-7-17(8-6-16)21(26)27/h2-8,13H,9-12,14H2,1H3,(H,26,27). The highest BCUT2D eigenvalue weighted by atomic mass is 16.5. The van der Waals surface area contributed by atoms with Gasteiger partial charge >= 0.3 is 5.97 Å². The van der Waals surface area contributed by atoms with Crippen LogP contribution in [0.4, 0.5) is 0 Å². The molecule has 7 heteroatoms. The number of aromatic carboxylic acids is 1. The molecule has 0 saturated carbocycles. The van der Waals surface area contributed by atoms with Gasteiger partial charge in [0.05, 0.1) is 19.1 Å². The summed E-state index contributed by atoms with van der Waals surface area (Å²) in [6, 6.07) is 13.3. The van der Waals surface area contributed by atoms with Gasteiger partial charge in [0.15, 0.2) is 0 Å². The van der Waals surface area contributed by atoms with Crippen LogP contribution in [0.15, 0.2) is 48.5 Å². The average molecular weight is 382 g/mol. The first kappa shape index (κ1) is 19.4. The van der Waals surface area contributed by atoms with E-state index in [-0.39, 0.29) is 17.4 Å². The van der Waals surface area contributed by atoms with E-state index in [0.717, 1.165) is 11.3 Å². The molecule has 2 aromatic rings. The third-order valence-corrected chi connectivity index (χ3v) is 4.79. The summed E-state index contributed by atoms with van der Waals surface area (Å²) in [5, 5.41) is 8.94. The predicted octanol–water partition coefficient (Wildman–Crippen LogP) is 1.92. The van der Waals surface area contributed by atoms with Gasteiger partial charge in [0.2, 0.25) is 5.91 Å². The smallest absolute Gasteiger partial charge is 0.335 e. The molecule has 1 fully saturated rings. The van der Waals surface area contributed by atoms with Crippen LogP contribution >= 0.6 is 0 Å². The van der Waals surface area contributed by atoms with Gasteiger partial charge in [-0.15, -0.1) is 0 Å². The number of hydrogen-bond acceptors (Lipinski definition) is 4. The van der Waals surface area contributed by atoms with E-state index in [1.54, 1.807) is 16.9 Å². The Bertz CT molecular complexity index is 871. The fraction of sp³-hybridized carbons (Fsp3) is 0.286. The number of carboxylic acids is 1. The van der Waals surface area contributed by atoms with Gasteiger partial charge in [-0.05, 0) is 42.0 Å². The number of carbonyl (C=O) groups excluding carboxylic acids is 2. The minimum atomic E-state index is -1.03. The van der Waals surface area contributed by atoms with Gasteiger partial charge in [-0.1, -0.05) is 12.1 Å². The Morgan fingerprint density at radius 3 is 2.14 bits per heavy atom. The molecule has 146 valence electrons. The van der Waals surface area contributed by atoms with E-state index in [2.05, 4.69) is 0 Å². The van der Waals surface area contributed by atoms with Crippen molar-refractivity contribution in [1.82, 2.24) is 9.80 Å². The Hall–Kier alpha value is -3.35. The molecule has 2 aromatic carbocycles. The van der Waals surface area contributed by atoms with Crippen molar-refractivity contribution in [1.29, 1.82) is 0 Å². The topological polar surface area (TPSA) is 87.2 Å². The number of amides is 2. The first-order valence-corrected chi connectivity index (χ1v) is 9.01. The molecule has 1 aliphatic heterocycles. The molecule has 0 atom stereocenters. The van der Waals surface area contributed by atoms with Crippen molar-refractivity contribution in [2.24, 2.45) is 0 Å². The normalized spacial score (nSPS) is 13.9. The van der Waals surface area contributed by atoms with Gasteiger partial charge < -0.3 is 19.6 Å². The molecular formula is C21H22N2O5. The van der Waals surface area contributed by atoms with Crippen molar-refractivity contribution in [3.05, 3.63) is 65.2 Å². The highest BCUT2D eigenvalue weighted by molar-refractivity contribution is 5.96. The van der Waals surface area contributed by atoms with E-state index in [1.165, 1.54) is 24.3 Å². The van der Waals surface area contributed by atoms with Crippen molar-refractivity contribution in [3.63, 3.8) is 0 Å². The molecule has 1 N–H and O–H groups in total. The van der Waals surface area contributed by atoms with Crippen LogP contribution in [0.25, 0.3) is 0 Å². The molecule has 1 heterocycles. The third kappa shape index (κ3) is 4.49. The Balaban J connectivity index is 1.55. The van der Waals surface area contributed by atoms with Gasteiger partial charge in [-0.25, -0.2) is 4.79 Å². The summed E-state index contributed by atoms with van der Waals surface area (Å²) in [6.07, 6.45) is 0.293. The van der Waals surface area contributed by atoms with Crippen molar-refractivity contribution < 1.29 is 24.2 Å². The quantitative estimate of drug-likeness (QED) is 0.854. The second-order valence-corrected chi connectivity index (χ2v) is 6.58. The van der Waals surface area contributed by atoms with Crippen LogP contribution in [0, 0.1) is 0 Å². The molecule has 0 aromatic heterocycles. The van der Waals surface area contributed by atoms with E-state index in [4.69, 9.17) is 9.84 Å². The Morgan fingerprint density at radius 1 is 0.929 bits per heavy atom. The Labute approximate surface area is 163 Å². The first-order valence-electron chi connectivity index (χ1n) is 9.01. The molecule has 1 saturated heterocycles. The molecule has 0 radical (unpaired) electrons. The van der Waals surface area contributed by atoms with Crippen molar-refractivity contribution in [2.75, 3.05) is 33.3 Å². The number of nitrogens with zero attached hydrogens (tertiary/aromatic N) is 2. The maximum Gasteiger partial charge on any atom is 0.335 e. The van der Waals surface area contributed by atoms with Crippen molar-refractivity contribution in [2.45, 2.75) is 6.42 Å². The number of piperazine rings is 1. The van der Waals surface area contributed by atoms with Crippen molar-refractivity contribution in [3.8, 4) is 5.75 Å². The van der Waals surface area contributed by atoms with E-state index in [0.29, 0.717) is 38.2 Å². The summed E-state index contributed by atoms with van der Waals surface area (Å²) in [5.41, 5.74) is 1.48. The first-order chi connectivity index (χ1) is 13.5. The van der Waals surface area contributed by atoms with E-state index in [9.17, 15) is 14.4 Å². The Morgan fingerprint density at radius 2 is 1.54 bits per heavy atom. The number of ether oxygens (including phenoxy) is 1. The third-order valence-electron chi connectivity index (χ3n) is 4.79. The van der Waals surface area contributed by atoms with Gasteiger partial charge in [0, 0.05) is 31.7 Å². The molecule has 0 unspecified atom stereocenters. The average Bonchev–Trinajstić information content (AvgIpc) is 2.73. The van der Waals surface area contributed by atoms with Gasteiger partial charge in [-0.2, -0.15) is 0 Å². The van der Waals surface area contributed by atoms with Gasteiger partial charge in [0.25, 0.3) is 5.91 Å². The van der Waals surface area contributed by atoms with Crippen LogP contribution in [0.2, 0.25) is 0 Å². The minimum absolute atomic E-state index is 0.0196. The molecule has 7 nitrogen and oxygen atoms in total. The number of benzene rings is 2. The molecule has 2 amide bonds. The van der Waals surface area contributed by atoms with E-state index in [1.807, 2.05) is 24.3 Å². The van der Waals surface area contributed by atoms with Crippen molar-refractivity contribution >= 4 is 17.8 Å².